The van der Waals surface area contributed by atoms with E-state index in [-0.39, 0.29) is 108 Å². The summed E-state index contributed by atoms with van der Waals surface area (Å²) < 4.78 is 25.8. The molecule has 4 nitrogen and oxygen atoms in total. The Hall–Kier alpha value is 3.74. The number of hydrogen-bond donors (Lipinski definition) is 0. The summed E-state index contributed by atoms with van der Waals surface area (Å²) in [7, 11) is 0. The van der Waals surface area contributed by atoms with Crippen LogP contribution >= 0.6 is 0 Å². The Morgan fingerprint density at radius 1 is 1.14 bits per heavy atom. The van der Waals surface area contributed by atoms with Gasteiger partial charge in [0, 0.05) is 0 Å². The molecule has 0 aromatic heterocycles. The van der Waals surface area contributed by atoms with E-state index in [0.717, 1.165) is 0 Å². The third-order valence-electron chi connectivity index (χ3n) is 0. The second-order valence-electron chi connectivity index (χ2n) is 0.204. The fourth-order valence-corrected chi connectivity index (χ4v) is 0. The zero-order chi connectivity index (χ0) is 3.58. The van der Waals surface area contributed by atoms with E-state index >= 15 is 0 Å². The summed E-state index contributed by atoms with van der Waals surface area (Å²) in [5.41, 5.74) is 0. The molecule has 34 valence electrons. The molecule has 0 saturated heterocycles. The van der Waals surface area contributed by atoms with Crippen LogP contribution in [-0.4, -0.2) is 25.8 Å². The fraction of sp³-hybridized carbons (Fsp3) is 0. The molecule has 0 aromatic rings. The van der Waals surface area contributed by atoms with Crippen molar-refractivity contribution < 1.29 is 118 Å². The molecule has 0 radical (unpaired) electrons. The van der Waals surface area contributed by atoms with Crippen molar-refractivity contribution in [1.82, 2.24) is 0 Å². The maximum absolute atomic E-state index is 8.59. The molecule has 0 aliphatic rings. The van der Waals surface area contributed by atoms with E-state index in [1.807, 2.05) is 0 Å². The third-order valence-corrected chi connectivity index (χ3v) is 0. The van der Waals surface area contributed by atoms with Crippen molar-refractivity contribution in [2.45, 2.75) is 0 Å². The molecule has 7 heavy (non-hydrogen) atoms. The average Bonchev–Trinajstić information content (AvgIpc) is 0.811. The summed E-state index contributed by atoms with van der Waals surface area (Å²) in [6.07, 6.45) is 0. The van der Waals surface area contributed by atoms with E-state index in [1.54, 1.807) is 0 Å². The summed E-state index contributed by atoms with van der Waals surface area (Å²) in [5.74, 6) is 0. The van der Waals surface area contributed by atoms with Gasteiger partial charge in [-0.1, -0.05) is 0 Å². The predicted octanol–water partition coefficient (Wildman–Crippen LogP) is -9.69. The Labute approximate surface area is 134 Å². The summed E-state index contributed by atoms with van der Waals surface area (Å²) >= 11 is -4.11. The van der Waals surface area contributed by atoms with Gasteiger partial charge in [-0.2, -0.15) is 0 Å². The molecule has 2 N–H and O–H groups in total. The first kappa shape index (κ1) is 22.4. The van der Waals surface area contributed by atoms with Crippen LogP contribution in [0.1, 0.15) is 0 Å². The molecule has 0 unspecified atom stereocenters. The summed E-state index contributed by atoms with van der Waals surface area (Å²) in [4.78, 5) is 0. The maximum Gasteiger partial charge on any atom is 1.00 e. The molecule has 0 heterocycles. The van der Waals surface area contributed by atoms with Crippen molar-refractivity contribution in [2.24, 2.45) is 0 Å². The monoisotopic (exact) mass is 274 g/mol. The molecule has 0 aliphatic heterocycles. The van der Waals surface area contributed by atoms with Crippen LogP contribution in [0.2, 0.25) is 0 Å². The first-order valence-electron chi connectivity index (χ1n) is 0.500. The topological polar surface area (TPSA) is 94.7 Å². The van der Waals surface area contributed by atoms with Gasteiger partial charge in [0.25, 0.3) is 0 Å². The van der Waals surface area contributed by atoms with Gasteiger partial charge in [-0.3, -0.25) is 0 Å². The van der Waals surface area contributed by atoms with Crippen LogP contribution in [0.4, 0.5) is 0 Å². The average molecular weight is 272 g/mol. The normalized spacial score (nSPS) is 5.00. The molecular formula is H2K2O4Te. The SMILES string of the molecule is O.O=[Te]([O-])[O-].[K+].[K+]. The van der Waals surface area contributed by atoms with Crippen LogP contribution < -0.4 is 110 Å². The first-order chi connectivity index (χ1) is 1.73. The molecule has 0 aliphatic carbocycles. The zero-order valence-corrected chi connectivity index (χ0v) is 12.7. The van der Waals surface area contributed by atoms with Crippen molar-refractivity contribution in [2.75, 3.05) is 0 Å². The molecule has 0 atom stereocenters. The summed E-state index contributed by atoms with van der Waals surface area (Å²) in [6.45, 7) is 0. The van der Waals surface area contributed by atoms with E-state index in [2.05, 4.69) is 0 Å². The van der Waals surface area contributed by atoms with Crippen molar-refractivity contribution in [3.05, 3.63) is 0 Å². The first-order valence-corrected chi connectivity index (χ1v) is 3.35. The van der Waals surface area contributed by atoms with Crippen LogP contribution in [0.25, 0.3) is 0 Å². The van der Waals surface area contributed by atoms with Crippen LogP contribution in [-0.2, 0) is 3.10 Å². The maximum atomic E-state index is 8.59. The van der Waals surface area contributed by atoms with E-state index in [0.29, 0.717) is 0 Å². The van der Waals surface area contributed by atoms with E-state index < -0.39 is 20.4 Å². The molecule has 0 amide bonds. The standard InChI is InChI=1S/2K.H2O3Te.H2O/c;;1-4(2)3;/h;;(H2,1,2,3);1H2/q2*+1;;/p-2. The molecule has 0 rings (SSSR count). The minimum absolute atomic E-state index is 0. The van der Waals surface area contributed by atoms with Gasteiger partial charge in [0.15, 0.2) is 0 Å². The molecule has 0 fully saturated rings. The Bertz CT molecular complexity index is 32.7. The molecule has 0 aromatic carbocycles. The van der Waals surface area contributed by atoms with Crippen LogP contribution in [0.5, 0.6) is 0 Å². The van der Waals surface area contributed by atoms with Gasteiger partial charge in [0.2, 0.25) is 0 Å². The van der Waals surface area contributed by atoms with E-state index in [4.69, 9.17) is 10.0 Å². The smallest absolute Gasteiger partial charge is 1.00 e. The summed E-state index contributed by atoms with van der Waals surface area (Å²) in [6, 6.07) is 0. The Balaban J connectivity index is -0.0000000150. The third kappa shape index (κ3) is 41.7. The predicted molar refractivity (Wildman–Crippen MR) is 10.1 cm³/mol. The minimum Gasteiger partial charge on any atom is 1.00 e. The van der Waals surface area contributed by atoms with E-state index in [1.165, 1.54) is 0 Å². The molecule has 0 spiro atoms. The molecular weight excluding hydrogens is 270 g/mol. The number of rotatable bonds is 0. The van der Waals surface area contributed by atoms with Gasteiger partial charge < -0.3 is 5.48 Å². The molecule has 0 saturated carbocycles. The van der Waals surface area contributed by atoms with Crippen molar-refractivity contribution in [3.8, 4) is 0 Å². The largest absolute Gasteiger partial charge is 1.00 e. The Kier molecular flexibility index (Phi) is 52.5. The van der Waals surface area contributed by atoms with Gasteiger partial charge in [-0.05, 0) is 0 Å². The van der Waals surface area contributed by atoms with Crippen molar-refractivity contribution >= 4 is 20.4 Å². The second kappa shape index (κ2) is 16.4. The van der Waals surface area contributed by atoms with E-state index in [9.17, 15) is 0 Å². The molecule has 0 bridgehead atoms. The quantitative estimate of drug-likeness (QED) is 0.410. The van der Waals surface area contributed by atoms with Crippen LogP contribution in [0.3, 0.4) is 0 Å². The van der Waals surface area contributed by atoms with Gasteiger partial charge in [-0.25, -0.2) is 0 Å². The number of hydrogen-bond acceptors (Lipinski definition) is 3. The molecule has 7 heteroatoms. The van der Waals surface area contributed by atoms with Gasteiger partial charge >= 0.3 is 133 Å². The zero-order valence-electron chi connectivity index (χ0n) is 4.13. The van der Waals surface area contributed by atoms with Gasteiger partial charge in [-0.15, -0.1) is 0 Å². The Morgan fingerprint density at radius 3 is 1.14 bits per heavy atom. The van der Waals surface area contributed by atoms with Crippen molar-refractivity contribution in [3.63, 3.8) is 0 Å². The van der Waals surface area contributed by atoms with Crippen LogP contribution in [0, 0.1) is 0 Å². The fourth-order valence-electron chi connectivity index (χ4n) is 0. The summed E-state index contributed by atoms with van der Waals surface area (Å²) in [5, 5.41) is 0. The minimum atomic E-state index is -4.11. The Morgan fingerprint density at radius 2 is 1.14 bits per heavy atom. The van der Waals surface area contributed by atoms with Gasteiger partial charge in [0.05, 0.1) is 0 Å². The van der Waals surface area contributed by atoms with Crippen LogP contribution in [0.15, 0.2) is 0 Å². The van der Waals surface area contributed by atoms with Gasteiger partial charge in [0.1, 0.15) is 0 Å². The second-order valence-corrected chi connectivity index (χ2v) is 1.37. The van der Waals surface area contributed by atoms with Crippen molar-refractivity contribution in [1.29, 1.82) is 0 Å².